The van der Waals surface area contributed by atoms with Crippen molar-refractivity contribution in [3.05, 3.63) is 63.6 Å². The minimum absolute atomic E-state index is 0.0949. The van der Waals surface area contributed by atoms with Crippen LogP contribution in [0, 0.1) is 0 Å². The van der Waals surface area contributed by atoms with Crippen molar-refractivity contribution in [1.82, 2.24) is 5.32 Å². The molecular formula is C21H24BrNOS. The topological polar surface area (TPSA) is 29.1 Å². The van der Waals surface area contributed by atoms with Crippen molar-refractivity contribution in [2.75, 3.05) is 5.75 Å². The maximum atomic E-state index is 12.4. The Morgan fingerprint density at radius 1 is 1.12 bits per heavy atom. The Hall–Kier alpha value is -1.26. The highest BCUT2D eigenvalue weighted by atomic mass is 79.9. The second-order valence-electron chi connectivity index (χ2n) is 6.51. The molecule has 0 aliphatic heterocycles. The first-order chi connectivity index (χ1) is 12.2. The Bertz CT molecular complexity index is 729. The monoisotopic (exact) mass is 417 g/mol. The highest BCUT2D eigenvalue weighted by Crippen LogP contribution is 2.26. The van der Waals surface area contributed by atoms with Crippen molar-refractivity contribution < 1.29 is 4.79 Å². The highest BCUT2D eigenvalue weighted by molar-refractivity contribution is 9.10. The molecule has 1 amide bonds. The molecule has 2 aromatic carbocycles. The van der Waals surface area contributed by atoms with Gasteiger partial charge in [0, 0.05) is 9.37 Å². The van der Waals surface area contributed by atoms with Crippen LogP contribution in [0.5, 0.6) is 0 Å². The first kappa shape index (κ1) is 18.5. The van der Waals surface area contributed by atoms with Gasteiger partial charge in [-0.1, -0.05) is 41.1 Å². The Morgan fingerprint density at radius 2 is 1.84 bits per heavy atom. The molecule has 0 bridgehead atoms. The van der Waals surface area contributed by atoms with Crippen molar-refractivity contribution in [2.45, 2.75) is 50.0 Å². The highest BCUT2D eigenvalue weighted by Gasteiger charge is 2.16. The predicted octanol–water partition coefficient (Wildman–Crippen LogP) is 5.69. The van der Waals surface area contributed by atoms with Crippen LogP contribution in [0.2, 0.25) is 0 Å². The summed E-state index contributed by atoms with van der Waals surface area (Å²) >= 11 is 5.01. The van der Waals surface area contributed by atoms with Gasteiger partial charge in [-0.2, -0.15) is 0 Å². The number of thioether (sulfide) groups is 1. The number of carbonyl (C=O) groups excluding carboxylic acids is 1. The van der Waals surface area contributed by atoms with Gasteiger partial charge in [0.1, 0.15) is 0 Å². The van der Waals surface area contributed by atoms with E-state index >= 15 is 0 Å². The zero-order valence-corrected chi connectivity index (χ0v) is 17.0. The summed E-state index contributed by atoms with van der Waals surface area (Å²) < 4.78 is 1.06. The minimum Gasteiger partial charge on any atom is -0.349 e. The molecule has 3 rings (SSSR count). The lowest BCUT2D eigenvalue weighted by atomic mass is 9.89. The Kier molecular flexibility index (Phi) is 6.60. The summed E-state index contributed by atoms with van der Waals surface area (Å²) in [6.45, 7) is 2.13. The van der Waals surface area contributed by atoms with Gasteiger partial charge in [0.15, 0.2) is 0 Å². The Balaban J connectivity index is 1.59. The third-order valence-electron chi connectivity index (χ3n) is 4.70. The van der Waals surface area contributed by atoms with Crippen LogP contribution in [-0.2, 0) is 17.6 Å². The number of fused-ring (bicyclic) bond motifs is 1. The van der Waals surface area contributed by atoms with E-state index in [0.717, 1.165) is 15.8 Å². The Morgan fingerprint density at radius 3 is 2.56 bits per heavy atom. The molecule has 0 spiro atoms. The zero-order valence-electron chi connectivity index (χ0n) is 14.6. The molecule has 4 heteroatoms. The fourth-order valence-electron chi connectivity index (χ4n) is 3.31. The lowest BCUT2D eigenvalue weighted by molar-refractivity contribution is -0.119. The van der Waals surface area contributed by atoms with Gasteiger partial charge < -0.3 is 5.32 Å². The lowest BCUT2D eigenvalue weighted by Crippen LogP contribution is -2.29. The maximum absolute atomic E-state index is 12.4. The van der Waals surface area contributed by atoms with Gasteiger partial charge in [-0.15, -0.1) is 11.8 Å². The van der Waals surface area contributed by atoms with Crippen LogP contribution in [0.15, 0.2) is 51.8 Å². The summed E-state index contributed by atoms with van der Waals surface area (Å²) in [6, 6.07) is 14.9. The summed E-state index contributed by atoms with van der Waals surface area (Å²) in [6.07, 6.45) is 5.86. The van der Waals surface area contributed by atoms with Gasteiger partial charge in [0.25, 0.3) is 0 Å². The van der Waals surface area contributed by atoms with E-state index in [1.54, 1.807) is 11.8 Å². The number of aryl methyl sites for hydroxylation is 2. The van der Waals surface area contributed by atoms with Crippen LogP contribution < -0.4 is 5.32 Å². The van der Waals surface area contributed by atoms with E-state index in [1.807, 2.05) is 24.3 Å². The smallest absolute Gasteiger partial charge is 0.230 e. The van der Waals surface area contributed by atoms with Crippen molar-refractivity contribution in [3.63, 3.8) is 0 Å². The number of rotatable bonds is 6. The van der Waals surface area contributed by atoms with Gasteiger partial charge in [0.05, 0.1) is 11.8 Å². The van der Waals surface area contributed by atoms with Crippen LogP contribution in [0.3, 0.4) is 0 Å². The average molecular weight is 418 g/mol. The molecule has 1 aliphatic carbocycles. The molecule has 0 radical (unpaired) electrons. The molecule has 0 heterocycles. The van der Waals surface area contributed by atoms with Gasteiger partial charge in [-0.25, -0.2) is 0 Å². The molecule has 0 aromatic heterocycles. The molecule has 1 N–H and O–H groups in total. The van der Waals surface area contributed by atoms with Crippen molar-refractivity contribution >= 4 is 33.6 Å². The summed E-state index contributed by atoms with van der Waals surface area (Å²) in [4.78, 5) is 13.5. The van der Waals surface area contributed by atoms with E-state index in [0.29, 0.717) is 5.75 Å². The fourth-order valence-corrected chi connectivity index (χ4v) is 4.28. The van der Waals surface area contributed by atoms with E-state index in [1.165, 1.54) is 42.4 Å². The zero-order chi connectivity index (χ0) is 17.6. The quantitative estimate of drug-likeness (QED) is 0.611. The minimum atomic E-state index is 0.0949. The molecule has 25 heavy (non-hydrogen) atoms. The number of amides is 1. The normalized spacial score (nSPS) is 14.6. The predicted molar refractivity (Wildman–Crippen MR) is 109 cm³/mol. The van der Waals surface area contributed by atoms with E-state index in [9.17, 15) is 4.79 Å². The van der Waals surface area contributed by atoms with E-state index < -0.39 is 0 Å². The van der Waals surface area contributed by atoms with Crippen molar-refractivity contribution in [1.29, 1.82) is 0 Å². The first-order valence-electron chi connectivity index (χ1n) is 8.95. The molecule has 1 atom stereocenters. The lowest BCUT2D eigenvalue weighted by Gasteiger charge is -2.21. The van der Waals surface area contributed by atoms with Gasteiger partial charge in [0.2, 0.25) is 5.91 Å². The molecule has 1 aliphatic rings. The molecule has 0 fully saturated rings. The van der Waals surface area contributed by atoms with Crippen LogP contribution >= 0.6 is 27.7 Å². The third-order valence-corrected chi connectivity index (χ3v) is 6.24. The average Bonchev–Trinajstić information content (AvgIpc) is 2.65. The number of nitrogens with one attached hydrogen (secondary N) is 1. The molecule has 2 aromatic rings. The summed E-state index contributed by atoms with van der Waals surface area (Å²) in [5, 5.41) is 3.20. The molecular weight excluding hydrogens is 394 g/mol. The fraction of sp³-hybridized carbons (Fsp3) is 0.381. The second-order valence-corrected chi connectivity index (χ2v) is 8.47. The first-order valence-corrected chi connectivity index (χ1v) is 10.7. The summed E-state index contributed by atoms with van der Waals surface area (Å²) in [7, 11) is 0. The van der Waals surface area contributed by atoms with Crippen LogP contribution in [0.25, 0.3) is 0 Å². The van der Waals surface area contributed by atoms with Crippen molar-refractivity contribution in [3.8, 4) is 0 Å². The van der Waals surface area contributed by atoms with Crippen LogP contribution in [-0.4, -0.2) is 11.7 Å². The van der Waals surface area contributed by atoms with Crippen molar-refractivity contribution in [2.24, 2.45) is 0 Å². The summed E-state index contributed by atoms with van der Waals surface area (Å²) in [5.74, 6) is 0.542. The number of carbonyl (C=O) groups is 1. The van der Waals surface area contributed by atoms with Gasteiger partial charge in [-0.05, 0) is 73.1 Å². The maximum Gasteiger partial charge on any atom is 0.230 e. The van der Waals surface area contributed by atoms with E-state index in [4.69, 9.17) is 0 Å². The number of halogens is 1. The van der Waals surface area contributed by atoms with Crippen LogP contribution in [0.4, 0.5) is 0 Å². The third kappa shape index (κ3) is 5.11. The number of benzene rings is 2. The SMILES string of the molecule is CCC(NC(=O)CSc1ccc(Br)cc1)c1ccc2c(c1)CCCC2. The Labute approximate surface area is 162 Å². The number of hydrogen-bond acceptors (Lipinski definition) is 2. The van der Waals surface area contributed by atoms with E-state index in [-0.39, 0.29) is 11.9 Å². The van der Waals surface area contributed by atoms with Crippen LogP contribution in [0.1, 0.15) is 48.9 Å². The standard InChI is InChI=1S/C21H24BrNOS/c1-2-20(17-8-7-15-5-3-4-6-16(15)13-17)23-21(24)14-25-19-11-9-18(22)10-12-19/h7-13,20H,2-6,14H2,1H3,(H,23,24). The largest absolute Gasteiger partial charge is 0.349 e. The molecule has 2 nitrogen and oxygen atoms in total. The molecule has 132 valence electrons. The summed E-state index contributed by atoms with van der Waals surface area (Å²) in [5.41, 5.74) is 4.20. The molecule has 1 unspecified atom stereocenters. The number of hydrogen-bond donors (Lipinski definition) is 1. The van der Waals surface area contributed by atoms with Gasteiger partial charge in [-0.3, -0.25) is 4.79 Å². The second kappa shape index (κ2) is 8.91. The molecule has 0 saturated carbocycles. The molecule has 0 saturated heterocycles. The van der Waals surface area contributed by atoms with E-state index in [2.05, 4.69) is 46.4 Å². The van der Waals surface area contributed by atoms with Gasteiger partial charge >= 0.3 is 0 Å².